The highest BCUT2D eigenvalue weighted by Gasteiger charge is 2.17. The highest BCUT2D eigenvalue weighted by atomic mass is 16.5. The van der Waals surface area contributed by atoms with Crippen LogP contribution in [0.5, 0.6) is 17.2 Å². The molecule has 35 heavy (non-hydrogen) atoms. The van der Waals surface area contributed by atoms with E-state index in [0.29, 0.717) is 41.7 Å². The Morgan fingerprint density at radius 3 is 2.37 bits per heavy atom. The van der Waals surface area contributed by atoms with E-state index >= 15 is 0 Å². The van der Waals surface area contributed by atoms with Crippen LogP contribution in [-0.2, 0) is 6.61 Å². The Kier molecular flexibility index (Phi) is 7.06. The van der Waals surface area contributed by atoms with Crippen molar-refractivity contribution in [1.29, 1.82) is 0 Å². The highest BCUT2D eigenvalue weighted by molar-refractivity contribution is 5.93. The lowest BCUT2D eigenvalue weighted by Crippen LogP contribution is -2.18. The molecule has 0 aliphatic rings. The zero-order valence-electron chi connectivity index (χ0n) is 19.9. The predicted molar refractivity (Wildman–Crippen MR) is 134 cm³/mol. The van der Waals surface area contributed by atoms with E-state index in [4.69, 9.17) is 14.2 Å². The van der Waals surface area contributed by atoms with Crippen molar-refractivity contribution in [2.24, 2.45) is 0 Å². The van der Waals surface area contributed by atoms with E-state index in [1.807, 2.05) is 51.1 Å². The first kappa shape index (κ1) is 23.9. The molecule has 0 spiro atoms. The van der Waals surface area contributed by atoms with Crippen LogP contribution in [0.4, 0.5) is 0 Å². The Morgan fingerprint density at radius 1 is 0.943 bits per heavy atom. The molecule has 0 radical (unpaired) electrons. The third-order valence-electron chi connectivity index (χ3n) is 5.28. The summed E-state index contributed by atoms with van der Waals surface area (Å²) < 4.78 is 19.2. The number of fused-ring (bicyclic) bond motifs is 1. The summed E-state index contributed by atoms with van der Waals surface area (Å²) in [5.41, 5.74) is 1.22. The number of carboxylic acid groups (broad SMARTS) is 1. The van der Waals surface area contributed by atoms with Crippen molar-refractivity contribution >= 4 is 16.9 Å². The summed E-state index contributed by atoms with van der Waals surface area (Å²) in [7, 11) is 0. The summed E-state index contributed by atoms with van der Waals surface area (Å²) in [5.74, 6) is 0.397. The number of carboxylic acids is 1. The molecule has 1 N–H and O–H groups in total. The number of hydrogen-bond acceptors (Lipinski definition) is 5. The summed E-state index contributed by atoms with van der Waals surface area (Å²) >= 11 is 0. The molecule has 0 bridgehead atoms. The second-order valence-corrected chi connectivity index (χ2v) is 8.26. The van der Waals surface area contributed by atoms with Gasteiger partial charge in [0.15, 0.2) is 0 Å². The molecular formula is C28H27NO6. The largest absolute Gasteiger partial charge is 0.494 e. The average Bonchev–Trinajstić information content (AvgIpc) is 2.83. The summed E-state index contributed by atoms with van der Waals surface area (Å²) in [5, 5.41) is 9.95. The maximum absolute atomic E-state index is 12.9. The number of ether oxygens (including phenoxy) is 3. The van der Waals surface area contributed by atoms with Gasteiger partial charge in [-0.25, -0.2) is 4.79 Å². The van der Waals surface area contributed by atoms with Gasteiger partial charge in [-0.05, 0) is 38.5 Å². The van der Waals surface area contributed by atoms with Gasteiger partial charge < -0.3 is 23.9 Å². The molecule has 0 unspecified atom stereocenters. The van der Waals surface area contributed by atoms with Gasteiger partial charge in [0, 0.05) is 35.8 Å². The van der Waals surface area contributed by atoms with Crippen LogP contribution in [0.15, 0.2) is 77.7 Å². The number of aromatic carboxylic acids is 1. The van der Waals surface area contributed by atoms with Crippen LogP contribution < -0.4 is 19.6 Å². The van der Waals surface area contributed by atoms with Crippen LogP contribution in [0, 0.1) is 0 Å². The number of pyridine rings is 1. The number of nitrogens with zero attached hydrogens (tertiary/aromatic N) is 1. The first-order chi connectivity index (χ1) is 16.9. The second-order valence-electron chi connectivity index (χ2n) is 8.26. The molecule has 4 aromatic rings. The number of hydrogen-bond donors (Lipinski definition) is 1. The first-order valence-electron chi connectivity index (χ1n) is 11.4. The fourth-order valence-electron chi connectivity index (χ4n) is 3.79. The van der Waals surface area contributed by atoms with Crippen molar-refractivity contribution < 1.29 is 24.1 Å². The number of carbonyl (C=O) groups is 1. The van der Waals surface area contributed by atoms with Gasteiger partial charge in [-0.1, -0.05) is 30.3 Å². The normalized spacial score (nSPS) is 11.0. The molecule has 0 atom stereocenters. The maximum atomic E-state index is 12.9. The average molecular weight is 474 g/mol. The molecule has 1 aromatic heterocycles. The lowest BCUT2D eigenvalue weighted by Gasteiger charge is -2.18. The van der Waals surface area contributed by atoms with Gasteiger partial charge in [0.25, 0.3) is 0 Å². The van der Waals surface area contributed by atoms with Crippen LogP contribution in [0.2, 0.25) is 0 Å². The summed E-state index contributed by atoms with van der Waals surface area (Å²) in [4.78, 5) is 24.8. The van der Waals surface area contributed by atoms with Crippen molar-refractivity contribution in [2.45, 2.75) is 33.5 Å². The molecule has 1 heterocycles. The highest BCUT2D eigenvalue weighted by Crippen LogP contribution is 2.30. The summed E-state index contributed by atoms with van der Waals surface area (Å²) in [6.45, 7) is 6.52. The van der Waals surface area contributed by atoms with E-state index in [2.05, 4.69) is 0 Å². The lowest BCUT2D eigenvalue weighted by atomic mass is 10.1. The third-order valence-corrected chi connectivity index (χ3v) is 5.28. The maximum Gasteiger partial charge on any atom is 0.341 e. The van der Waals surface area contributed by atoms with Gasteiger partial charge in [-0.3, -0.25) is 4.79 Å². The first-order valence-corrected chi connectivity index (χ1v) is 11.4. The van der Waals surface area contributed by atoms with Gasteiger partial charge >= 0.3 is 5.97 Å². The van der Waals surface area contributed by atoms with E-state index < -0.39 is 11.4 Å². The fraction of sp³-hybridized carbons (Fsp3) is 0.214. The lowest BCUT2D eigenvalue weighted by molar-refractivity contribution is 0.0695. The Morgan fingerprint density at radius 2 is 1.69 bits per heavy atom. The van der Waals surface area contributed by atoms with Gasteiger partial charge in [0.05, 0.1) is 23.9 Å². The number of aromatic nitrogens is 1. The minimum atomic E-state index is -1.30. The van der Waals surface area contributed by atoms with Crippen LogP contribution in [0.3, 0.4) is 0 Å². The Hall–Kier alpha value is -4.26. The zero-order valence-corrected chi connectivity index (χ0v) is 19.9. The molecule has 180 valence electrons. The molecule has 0 aliphatic heterocycles. The van der Waals surface area contributed by atoms with Crippen molar-refractivity contribution in [2.75, 3.05) is 6.61 Å². The van der Waals surface area contributed by atoms with Gasteiger partial charge in [0.2, 0.25) is 5.43 Å². The summed E-state index contributed by atoms with van der Waals surface area (Å²) in [6.07, 6.45) is 1.26. The van der Waals surface area contributed by atoms with Crippen LogP contribution in [0.1, 0.15) is 36.7 Å². The molecule has 0 fully saturated rings. The molecule has 3 aromatic carbocycles. The molecule has 7 heteroatoms. The van der Waals surface area contributed by atoms with Crippen LogP contribution in [-0.4, -0.2) is 28.4 Å². The zero-order chi connectivity index (χ0) is 24.9. The fourth-order valence-corrected chi connectivity index (χ4v) is 3.79. The molecule has 0 aliphatic carbocycles. The van der Waals surface area contributed by atoms with E-state index in [1.165, 1.54) is 6.20 Å². The molecule has 0 saturated heterocycles. The van der Waals surface area contributed by atoms with E-state index in [-0.39, 0.29) is 17.1 Å². The molecule has 0 saturated carbocycles. The molecule has 0 amide bonds. The monoisotopic (exact) mass is 473 g/mol. The standard InChI is InChI=1S/C28H27NO6/c1-4-33-22-12-20(13-23(14-22)35-18(2)3)29-16-25(28(31)32)27(30)24-11-10-21(15-26(24)29)34-17-19-8-6-5-7-9-19/h5-16,18H,4,17H2,1-3H3,(H,31,32). The van der Waals surface area contributed by atoms with Crippen LogP contribution >= 0.6 is 0 Å². The molecule has 4 rings (SSSR count). The van der Waals surface area contributed by atoms with E-state index in [9.17, 15) is 14.7 Å². The minimum absolute atomic E-state index is 0.0712. The third kappa shape index (κ3) is 5.46. The number of rotatable bonds is 9. The predicted octanol–water partition coefficient (Wildman–Crippen LogP) is 5.45. The quantitative estimate of drug-likeness (QED) is 0.348. The molecular weight excluding hydrogens is 446 g/mol. The Bertz CT molecular complexity index is 1410. The van der Waals surface area contributed by atoms with Crippen molar-refractivity contribution in [3.8, 4) is 22.9 Å². The van der Waals surface area contributed by atoms with Crippen LogP contribution in [0.25, 0.3) is 16.6 Å². The second kappa shape index (κ2) is 10.3. The summed E-state index contributed by atoms with van der Waals surface area (Å²) in [6, 6.07) is 20.1. The van der Waals surface area contributed by atoms with Gasteiger partial charge in [0.1, 0.15) is 29.4 Å². The van der Waals surface area contributed by atoms with E-state index in [1.54, 1.807) is 41.0 Å². The van der Waals surface area contributed by atoms with Crippen molar-refractivity contribution in [3.05, 3.63) is 94.3 Å². The smallest absolute Gasteiger partial charge is 0.341 e. The van der Waals surface area contributed by atoms with E-state index in [0.717, 1.165) is 5.56 Å². The molecule has 7 nitrogen and oxygen atoms in total. The Labute approximate surface area is 203 Å². The SMILES string of the molecule is CCOc1cc(OC(C)C)cc(-n2cc(C(=O)O)c(=O)c3ccc(OCc4ccccc4)cc32)c1. The number of benzene rings is 3. The van der Waals surface area contributed by atoms with Crippen molar-refractivity contribution in [1.82, 2.24) is 4.57 Å². The topological polar surface area (TPSA) is 87.0 Å². The van der Waals surface area contributed by atoms with Gasteiger partial charge in [-0.2, -0.15) is 0 Å². The Balaban J connectivity index is 1.87. The van der Waals surface area contributed by atoms with Crippen molar-refractivity contribution in [3.63, 3.8) is 0 Å². The van der Waals surface area contributed by atoms with Gasteiger partial charge in [-0.15, -0.1) is 0 Å². The minimum Gasteiger partial charge on any atom is -0.494 e.